The van der Waals surface area contributed by atoms with Gasteiger partial charge in [0.1, 0.15) is 6.61 Å². The van der Waals surface area contributed by atoms with Crippen molar-refractivity contribution in [1.82, 2.24) is 0 Å². The van der Waals surface area contributed by atoms with Gasteiger partial charge in [0.15, 0.2) is 0 Å². The highest BCUT2D eigenvalue weighted by Gasteiger charge is 1.91. The van der Waals surface area contributed by atoms with Crippen LogP contribution in [0, 0.1) is 11.3 Å². The second-order valence-electron chi connectivity index (χ2n) is 1.82. The fraction of sp³-hybridized carbons (Fsp3) is 0.222. The molecular weight excluding hydrogens is 186 g/mol. The highest BCUT2D eigenvalue weighted by Crippen LogP contribution is 1.81. The van der Waals surface area contributed by atoms with E-state index in [4.69, 9.17) is 10.4 Å². The normalized spacial score (nSPS) is 7.07. The minimum absolute atomic E-state index is 0.154. The van der Waals surface area contributed by atoms with Crippen molar-refractivity contribution in [1.29, 1.82) is 5.26 Å². The smallest absolute Gasteiger partial charge is 0.330 e. The van der Waals surface area contributed by atoms with Gasteiger partial charge in [-0.05, 0) is 0 Å². The molecule has 0 amide bonds. The maximum atomic E-state index is 10.2. The van der Waals surface area contributed by atoms with Gasteiger partial charge in [0.05, 0.1) is 12.5 Å². The van der Waals surface area contributed by atoms with Gasteiger partial charge in [0, 0.05) is 12.2 Å². The molecule has 5 nitrogen and oxygen atoms in total. The van der Waals surface area contributed by atoms with Gasteiger partial charge in [-0.25, -0.2) is 9.59 Å². The fourth-order valence-corrected chi connectivity index (χ4v) is 0.256. The average Bonchev–Trinajstić information content (AvgIpc) is 2.19. The molecule has 14 heavy (non-hydrogen) atoms. The van der Waals surface area contributed by atoms with Crippen LogP contribution in [0.2, 0.25) is 0 Å². The molecule has 1 N–H and O–H groups in total. The molecule has 0 radical (unpaired) electrons. The minimum atomic E-state index is -0.981. The van der Waals surface area contributed by atoms with Crippen LogP contribution >= 0.6 is 0 Å². The zero-order valence-corrected chi connectivity index (χ0v) is 7.60. The number of ether oxygens (including phenoxy) is 1. The van der Waals surface area contributed by atoms with Gasteiger partial charge in [-0.3, -0.25) is 0 Å². The van der Waals surface area contributed by atoms with Crippen LogP contribution in [0.1, 0.15) is 6.42 Å². The van der Waals surface area contributed by atoms with Gasteiger partial charge in [0.25, 0.3) is 0 Å². The summed E-state index contributed by atoms with van der Waals surface area (Å²) < 4.78 is 4.45. The molecule has 0 aromatic heterocycles. The molecule has 0 saturated carbocycles. The lowest BCUT2D eigenvalue weighted by Gasteiger charge is -1.93. The van der Waals surface area contributed by atoms with Crippen LogP contribution in [0.3, 0.4) is 0 Å². The molecule has 76 valence electrons. The van der Waals surface area contributed by atoms with Gasteiger partial charge in [-0.2, -0.15) is 5.26 Å². The first-order valence-corrected chi connectivity index (χ1v) is 3.60. The molecular formula is C9H11NO4. The fourth-order valence-electron chi connectivity index (χ4n) is 0.256. The van der Waals surface area contributed by atoms with Gasteiger partial charge in [-0.15, -0.1) is 0 Å². The van der Waals surface area contributed by atoms with E-state index in [1.54, 1.807) is 0 Å². The maximum absolute atomic E-state index is 10.2. The number of esters is 1. The molecule has 0 spiro atoms. The molecule has 0 aromatic carbocycles. The predicted molar refractivity (Wildman–Crippen MR) is 49.2 cm³/mol. The third-order valence-electron chi connectivity index (χ3n) is 0.799. The predicted octanol–water partition coefficient (Wildman–Crippen LogP) is 0.886. The van der Waals surface area contributed by atoms with Crippen LogP contribution in [0.15, 0.2) is 25.3 Å². The van der Waals surface area contributed by atoms with Crippen molar-refractivity contribution in [3.05, 3.63) is 25.3 Å². The first-order chi connectivity index (χ1) is 6.58. The summed E-state index contributed by atoms with van der Waals surface area (Å²) in [6.07, 6.45) is 2.14. The van der Waals surface area contributed by atoms with E-state index in [2.05, 4.69) is 17.9 Å². The summed E-state index contributed by atoms with van der Waals surface area (Å²) in [5.41, 5.74) is 0. The minimum Gasteiger partial charge on any atom is -0.478 e. The zero-order chi connectivity index (χ0) is 11.4. The van der Waals surface area contributed by atoms with E-state index in [9.17, 15) is 9.59 Å². The zero-order valence-electron chi connectivity index (χ0n) is 7.60. The Balaban J connectivity index is 0. The number of aliphatic carboxylic acids is 1. The number of carbonyl (C=O) groups excluding carboxylic acids is 1. The third-order valence-corrected chi connectivity index (χ3v) is 0.799. The Morgan fingerprint density at radius 2 is 1.93 bits per heavy atom. The largest absolute Gasteiger partial charge is 0.478 e. The topological polar surface area (TPSA) is 87.4 Å². The van der Waals surface area contributed by atoms with Gasteiger partial charge >= 0.3 is 11.9 Å². The summed E-state index contributed by atoms with van der Waals surface area (Å²) in [4.78, 5) is 19.5. The van der Waals surface area contributed by atoms with E-state index in [-0.39, 0.29) is 13.0 Å². The summed E-state index contributed by atoms with van der Waals surface area (Å²) >= 11 is 0. The van der Waals surface area contributed by atoms with E-state index in [1.165, 1.54) is 0 Å². The molecule has 0 aliphatic heterocycles. The number of hydrogen-bond acceptors (Lipinski definition) is 4. The van der Waals surface area contributed by atoms with Gasteiger partial charge < -0.3 is 9.84 Å². The number of carboxylic acids is 1. The Morgan fingerprint density at radius 1 is 1.43 bits per heavy atom. The Bertz CT molecular complexity index is 252. The molecule has 0 saturated heterocycles. The SMILES string of the molecule is C=CC(=O)O.C=CC(=O)OCCC#N. The second-order valence-corrected chi connectivity index (χ2v) is 1.82. The van der Waals surface area contributed by atoms with Crippen molar-refractivity contribution in [2.45, 2.75) is 6.42 Å². The number of carboxylic acid groups (broad SMARTS) is 1. The molecule has 0 atom stereocenters. The Morgan fingerprint density at radius 3 is 2.21 bits per heavy atom. The standard InChI is InChI=1S/C6H7NO2.C3H4O2/c1-2-6(8)9-5-3-4-7;1-2-3(4)5/h2H,1,3,5H2;2H,1H2,(H,4,5). The lowest BCUT2D eigenvalue weighted by molar-refractivity contribution is -0.137. The summed E-state index contributed by atoms with van der Waals surface area (Å²) in [6.45, 7) is 6.30. The molecule has 0 aliphatic carbocycles. The van der Waals surface area contributed by atoms with Crippen LogP contribution in [0.25, 0.3) is 0 Å². The van der Waals surface area contributed by atoms with E-state index < -0.39 is 11.9 Å². The quantitative estimate of drug-likeness (QED) is 0.410. The highest BCUT2D eigenvalue weighted by molar-refractivity contribution is 5.81. The van der Waals surface area contributed by atoms with Gasteiger partial charge in [0.2, 0.25) is 0 Å². The van der Waals surface area contributed by atoms with Crippen molar-refractivity contribution < 1.29 is 19.4 Å². The first-order valence-electron chi connectivity index (χ1n) is 3.60. The van der Waals surface area contributed by atoms with Crippen molar-refractivity contribution in [3.8, 4) is 6.07 Å². The molecule has 0 unspecified atom stereocenters. The highest BCUT2D eigenvalue weighted by atomic mass is 16.5. The van der Waals surface area contributed by atoms with Crippen LogP contribution in [0.5, 0.6) is 0 Å². The van der Waals surface area contributed by atoms with Crippen molar-refractivity contribution in [3.63, 3.8) is 0 Å². The van der Waals surface area contributed by atoms with Crippen molar-refractivity contribution >= 4 is 11.9 Å². The number of carbonyl (C=O) groups is 2. The molecule has 0 aliphatic rings. The molecule has 0 fully saturated rings. The van der Waals surface area contributed by atoms with Gasteiger partial charge in [-0.1, -0.05) is 13.2 Å². The monoisotopic (exact) mass is 197 g/mol. The molecule has 0 heterocycles. The first kappa shape index (κ1) is 14.4. The maximum Gasteiger partial charge on any atom is 0.330 e. The molecule has 5 heteroatoms. The summed E-state index contributed by atoms with van der Waals surface area (Å²) in [5.74, 6) is -1.46. The Hall–Kier alpha value is -2.09. The summed E-state index contributed by atoms with van der Waals surface area (Å²) in [7, 11) is 0. The van der Waals surface area contributed by atoms with Crippen molar-refractivity contribution in [2.24, 2.45) is 0 Å². The van der Waals surface area contributed by atoms with Crippen LogP contribution in [-0.4, -0.2) is 23.7 Å². The number of nitrogens with zero attached hydrogens (tertiary/aromatic N) is 1. The number of rotatable bonds is 4. The van der Waals surface area contributed by atoms with E-state index in [0.717, 1.165) is 12.2 Å². The second kappa shape index (κ2) is 10.9. The van der Waals surface area contributed by atoms with Crippen LogP contribution in [-0.2, 0) is 14.3 Å². The lowest BCUT2D eigenvalue weighted by Crippen LogP contribution is -2.00. The third kappa shape index (κ3) is 16.5. The lowest BCUT2D eigenvalue weighted by atomic mass is 10.5. The van der Waals surface area contributed by atoms with E-state index in [0.29, 0.717) is 0 Å². The summed E-state index contributed by atoms with van der Waals surface area (Å²) in [5, 5.41) is 15.6. The molecule has 0 rings (SSSR count). The van der Waals surface area contributed by atoms with Crippen molar-refractivity contribution in [2.75, 3.05) is 6.61 Å². The van der Waals surface area contributed by atoms with Crippen LogP contribution < -0.4 is 0 Å². The molecule has 0 aromatic rings. The Labute approximate surface area is 81.9 Å². The molecule has 0 bridgehead atoms. The average molecular weight is 197 g/mol. The number of hydrogen-bond donors (Lipinski definition) is 1. The number of nitriles is 1. The van der Waals surface area contributed by atoms with Crippen LogP contribution in [0.4, 0.5) is 0 Å². The van der Waals surface area contributed by atoms with E-state index in [1.807, 2.05) is 6.07 Å². The summed E-state index contributed by atoms with van der Waals surface area (Å²) in [6, 6.07) is 1.84. The Kier molecular flexibility index (Phi) is 11.2. The van der Waals surface area contributed by atoms with E-state index >= 15 is 0 Å².